The molecule has 0 spiro atoms. The van der Waals surface area contributed by atoms with Crippen molar-refractivity contribution in [2.75, 3.05) is 11.4 Å². The van der Waals surface area contributed by atoms with Gasteiger partial charge in [0.05, 0.1) is 0 Å². The van der Waals surface area contributed by atoms with Gasteiger partial charge in [0.1, 0.15) is 11.9 Å². The van der Waals surface area contributed by atoms with Gasteiger partial charge in [-0.3, -0.25) is 9.59 Å². The molecule has 1 aliphatic rings. The lowest BCUT2D eigenvalue weighted by molar-refractivity contribution is -0.123. The molecule has 3 aromatic rings. The first kappa shape index (κ1) is 17.7. The Morgan fingerprint density at radius 1 is 1.33 bits per heavy atom. The summed E-state index contributed by atoms with van der Waals surface area (Å²) in [7, 11) is 0. The van der Waals surface area contributed by atoms with Gasteiger partial charge in [0, 0.05) is 19.0 Å². The minimum atomic E-state index is -0.252. The molecule has 1 saturated heterocycles. The largest absolute Gasteiger partial charge is 0.350 e. The number of nitrogens with one attached hydrogen (secondary N) is 2. The zero-order valence-corrected chi connectivity index (χ0v) is 16.0. The number of H-pyrrole nitrogens is 1. The van der Waals surface area contributed by atoms with Crippen LogP contribution in [0.3, 0.4) is 0 Å². The summed E-state index contributed by atoms with van der Waals surface area (Å²) in [6, 6.07) is 9.57. The standard InChI is InChI=1S/C19H21N5O2S/c1-11(2)15-22-17(26)14-18(23-15)27-19(21-14)24-9-8-13(24)16(25)20-10-12-6-4-3-5-7-12/h3-7,11,13H,8-10H2,1-2H3,(H,20,25)(H,22,23,26). The molecule has 140 valence electrons. The highest BCUT2D eigenvalue weighted by atomic mass is 32.1. The molecule has 1 amide bonds. The average Bonchev–Trinajstić information content (AvgIpc) is 3.03. The number of anilines is 1. The van der Waals surface area contributed by atoms with Gasteiger partial charge in [-0.05, 0) is 12.0 Å². The molecule has 1 aromatic carbocycles. The van der Waals surface area contributed by atoms with Crippen molar-refractivity contribution in [3.05, 3.63) is 52.1 Å². The summed E-state index contributed by atoms with van der Waals surface area (Å²) in [5.41, 5.74) is 1.18. The summed E-state index contributed by atoms with van der Waals surface area (Å²) in [5.74, 6) is 0.769. The van der Waals surface area contributed by atoms with Gasteiger partial charge >= 0.3 is 0 Å². The summed E-state index contributed by atoms with van der Waals surface area (Å²) >= 11 is 1.37. The van der Waals surface area contributed by atoms with Crippen molar-refractivity contribution in [2.24, 2.45) is 0 Å². The molecule has 0 bridgehead atoms. The fourth-order valence-corrected chi connectivity index (χ4v) is 4.05. The first-order valence-corrected chi connectivity index (χ1v) is 9.83. The number of aromatic amines is 1. The molecule has 2 aromatic heterocycles. The predicted octanol–water partition coefficient (Wildman–Crippen LogP) is 2.40. The third-order valence-electron chi connectivity index (χ3n) is 4.70. The number of thiazole rings is 1. The monoisotopic (exact) mass is 383 g/mol. The average molecular weight is 383 g/mol. The minimum absolute atomic E-state index is 0.0194. The van der Waals surface area contributed by atoms with E-state index in [9.17, 15) is 9.59 Å². The molecular weight excluding hydrogens is 362 g/mol. The van der Waals surface area contributed by atoms with Crippen LogP contribution in [-0.4, -0.2) is 33.4 Å². The molecule has 27 heavy (non-hydrogen) atoms. The van der Waals surface area contributed by atoms with Crippen molar-refractivity contribution >= 4 is 32.7 Å². The molecule has 3 heterocycles. The van der Waals surface area contributed by atoms with Crippen molar-refractivity contribution in [3.8, 4) is 0 Å². The topological polar surface area (TPSA) is 91.0 Å². The molecule has 0 aliphatic carbocycles. The molecule has 4 rings (SSSR count). The Morgan fingerprint density at radius 2 is 2.11 bits per heavy atom. The summed E-state index contributed by atoms with van der Waals surface area (Å²) in [6.07, 6.45) is 0.775. The number of amides is 1. The maximum atomic E-state index is 12.5. The zero-order chi connectivity index (χ0) is 19.0. The highest BCUT2D eigenvalue weighted by Crippen LogP contribution is 2.32. The Kier molecular flexibility index (Phi) is 4.65. The van der Waals surface area contributed by atoms with E-state index in [-0.39, 0.29) is 23.4 Å². The van der Waals surface area contributed by atoms with Crippen LogP contribution in [-0.2, 0) is 11.3 Å². The molecule has 1 unspecified atom stereocenters. The second-order valence-electron chi connectivity index (χ2n) is 6.96. The quantitative estimate of drug-likeness (QED) is 0.706. The lowest BCUT2D eigenvalue weighted by atomic mass is 10.0. The number of carbonyl (C=O) groups is 1. The van der Waals surface area contributed by atoms with Crippen molar-refractivity contribution in [1.82, 2.24) is 20.3 Å². The molecule has 0 radical (unpaired) electrons. The van der Waals surface area contributed by atoms with Crippen molar-refractivity contribution < 1.29 is 4.79 Å². The molecule has 1 atom stereocenters. The third-order valence-corrected chi connectivity index (χ3v) is 5.69. The van der Waals surface area contributed by atoms with Crippen LogP contribution in [0.2, 0.25) is 0 Å². The third kappa shape index (κ3) is 3.44. The van der Waals surface area contributed by atoms with E-state index in [1.54, 1.807) is 0 Å². The van der Waals surface area contributed by atoms with Crippen LogP contribution in [0.5, 0.6) is 0 Å². The molecule has 8 heteroatoms. The molecule has 1 fully saturated rings. The van der Waals surface area contributed by atoms with E-state index in [1.807, 2.05) is 49.1 Å². The maximum absolute atomic E-state index is 12.5. The number of aromatic nitrogens is 3. The van der Waals surface area contributed by atoms with Crippen LogP contribution < -0.4 is 15.8 Å². The Hall–Kier alpha value is -2.74. The van der Waals surface area contributed by atoms with E-state index >= 15 is 0 Å². The number of hydrogen-bond donors (Lipinski definition) is 2. The van der Waals surface area contributed by atoms with Gasteiger partial charge < -0.3 is 15.2 Å². The number of benzene rings is 1. The smallest absolute Gasteiger partial charge is 0.278 e. The van der Waals surface area contributed by atoms with Gasteiger partial charge in [-0.25, -0.2) is 9.97 Å². The normalized spacial score (nSPS) is 16.6. The number of nitrogens with zero attached hydrogens (tertiary/aromatic N) is 3. The van der Waals surface area contributed by atoms with Crippen LogP contribution in [0, 0.1) is 0 Å². The second-order valence-corrected chi connectivity index (χ2v) is 7.91. The van der Waals surface area contributed by atoms with E-state index in [0.717, 1.165) is 18.5 Å². The summed E-state index contributed by atoms with van der Waals surface area (Å²) in [5, 5.41) is 3.66. The van der Waals surface area contributed by atoms with Gasteiger partial charge in [-0.1, -0.05) is 55.5 Å². The van der Waals surface area contributed by atoms with Gasteiger partial charge in [-0.2, -0.15) is 0 Å². The van der Waals surface area contributed by atoms with Crippen molar-refractivity contribution in [1.29, 1.82) is 0 Å². The Bertz CT molecular complexity index is 1030. The van der Waals surface area contributed by atoms with Crippen LogP contribution in [0.1, 0.15) is 37.6 Å². The summed E-state index contributed by atoms with van der Waals surface area (Å²) < 4.78 is 0. The fraction of sp³-hybridized carbons (Fsp3) is 0.368. The SMILES string of the molecule is CC(C)c1nc2sc(N3CCC3C(=O)NCc3ccccc3)nc2c(=O)[nH]1. The van der Waals surface area contributed by atoms with E-state index in [4.69, 9.17) is 0 Å². The summed E-state index contributed by atoms with van der Waals surface area (Å²) in [6.45, 7) is 5.21. The molecule has 1 aliphatic heterocycles. The number of hydrogen-bond acceptors (Lipinski definition) is 6. The van der Waals surface area contributed by atoms with Crippen LogP contribution in [0.4, 0.5) is 5.13 Å². The van der Waals surface area contributed by atoms with Crippen LogP contribution >= 0.6 is 11.3 Å². The Labute approximate surface area is 160 Å². The minimum Gasteiger partial charge on any atom is -0.350 e. The first-order chi connectivity index (χ1) is 13.0. The number of fused-ring (bicyclic) bond motifs is 1. The number of rotatable bonds is 5. The van der Waals surface area contributed by atoms with E-state index in [0.29, 0.717) is 27.8 Å². The molecule has 7 nitrogen and oxygen atoms in total. The first-order valence-electron chi connectivity index (χ1n) is 9.02. The molecular formula is C19H21N5O2S. The predicted molar refractivity (Wildman–Crippen MR) is 106 cm³/mol. The highest BCUT2D eigenvalue weighted by Gasteiger charge is 2.36. The van der Waals surface area contributed by atoms with Gasteiger partial charge in [0.2, 0.25) is 5.91 Å². The molecule has 0 saturated carbocycles. The highest BCUT2D eigenvalue weighted by molar-refractivity contribution is 7.21. The van der Waals surface area contributed by atoms with Gasteiger partial charge in [-0.15, -0.1) is 0 Å². The second kappa shape index (κ2) is 7.11. The van der Waals surface area contributed by atoms with Crippen molar-refractivity contribution in [2.45, 2.75) is 38.8 Å². The lowest BCUT2D eigenvalue weighted by Crippen LogP contribution is -2.56. The lowest BCUT2D eigenvalue weighted by Gasteiger charge is -2.39. The summed E-state index contributed by atoms with van der Waals surface area (Å²) in [4.78, 5) is 39.1. The number of carbonyl (C=O) groups excluding carboxylic acids is 1. The van der Waals surface area contributed by atoms with E-state index in [2.05, 4.69) is 20.3 Å². The Balaban J connectivity index is 1.51. The van der Waals surface area contributed by atoms with E-state index < -0.39 is 0 Å². The maximum Gasteiger partial charge on any atom is 0.278 e. The fourth-order valence-electron chi connectivity index (χ4n) is 3.03. The van der Waals surface area contributed by atoms with Crippen molar-refractivity contribution in [3.63, 3.8) is 0 Å². The van der Waals surface area contributed by atoms with Crippen LogP contribution in [0.25, 0.3) is 10.3 Å². The Morgan fingerprint density at radius 3 is 2.78 bits per heavy atom. The van der Waals surface area contributed by atoms with Crippen LogP contribution in [0.15, 0.2) is 35.1 Å². The molecule has 2 N–H and O–H groups in total. The van der Waals surface area contributed by atoms with E-state index in [1.165, 1.54) is 11.3 Å². The van der Waals surface area contributed by atoms with Gasteiger partial charge in [0.25, 0.3) is 5.56 Å². The van der Waals surface area contributed by atoms with Gasteiger partial charge in [0.15, 0.2) is 15.5 Å². The zero-order valence-electron chi connectivity index (χ0n) is 15.2.